The minimum atomic E-state index is 0.552. The fraction of sp³-hybridized carbons (Fsp3) is 0. The van der Waals surface area contributed by atoms with E-state index in [4.69, 9.17) is 23.8 Å². The van der Waals surface area contributed by atoms with Crippen molar-refractivity contribution >= 4 is 43.9 Å². The Labute approximate surface area is 357 Å². The molecule has 3 heterocycles. The standard InChI is InChI=1S/C57H35N3O2/c1-6-16-36(17-7-1)43-29-31-45(38-20-10-3-11-21-38)53-51(43)47-28-26-42(35-50(47)62-53)57-59-55(40-24-14-5-15-25-40)58-56(60-57)41-27-33-49-48(34-41)52-44(37-18-8-2-9-19-37)30-32-46(54(52)61-49)39-22-12-4-13-23-39/h1-35H. The molecule has 0 aliphatic heterocycles. The molecule has 0 atom stereocenters. The van der Waals surface area contributed by atoms with Gasteiger partial charge in [-0.3, -0.25) is 0 Å². The molecule has 0 unspecified atom stereocenters. The predicted molar refractivity (Wildman–Crippen MR) is 252 cm³/mol. The quantitative estimate of drug-likeness (QED) is 0.161. The molecule has 0 spiro atoms. The SMILES string of the molecule is c1ccc(-c2nc(-c3ccc4c(c3)oc3c(-c5ccccc5)ccc(-c5ccccc5)c34)nc(-c3ccc4oc5c(-c6ccccc6)ccc(-c6ccccc6)c5c4c3)n2)cc1. The highest BCUT2D eigenvalue weighted by Gasteiger charge is 2.21. The Morgan fingerprint density at radius 1 is 0.258 bits per heavy atom. The fourth-order valence-corrected chi connectivity index (χ4v) is 8.79. The van der Waals surface area contributed by atoms with Crippen LogP contribution in [0.1, 0.15) is 0 Å². The summed E-state index contributed by atoms with van der Waals surface area (Å²) in [6, 6.07) is 73.2. The first-order chi connectivity index (χ1) is 30.7. The largest absolute Gasteiger partial charge is 0.455 e. The third-order valence-electron chi connectivity index (χ3n) is 11.8. The van der Waals surface area contributed by atoms with Crippen molar-refractivity contribution in [2.75, 3.05) is 0 Å². The van der Waals surface area contributed by atoms with Crippen LogP contribution >= 0.6 is 0 Å². The summed E-state index contributed by atoms with van der Waals surface area (Å²) in [5, 5.41) is 4.14. The average molecular weight is 794 g/mol. The van der Waals surface area contributed by atoms with Gasteiger partial charge in [0.05, 0.1) is 0 Å². The van der Waals surface area contributed by atoms with Gasteiger partial charge < -0.3 is 8.83 Å². The van der Waals surface area contributed by atoms with Crippen LogP contribution in [0.25, 0.3) is 123 Å². The molecule has 9 aromatic carbocycles. The molecule has 5 heteroatoms. The van der Waals surface area contributed by atoms with Crippen LogP contribution in [0, 0.1) is 0 Å². The van der Waals surface area contributed by atoms with Crippen molar-refractivity contribution in [1.82, 2.24) is 15.0 Å². The monoisotopic (exact) mass is 793 g/mol. The van der Waals surface area contributed by atoms with Crippen molar-refractivity contribution in [3.8, 4) is 78.7 Å². The van der Waals surface area contributed by atoms with Gasteiger partial charge in [-0.15, -0.1) is 0 Å². The molecule has 0 amide bonds. The second-order valence-corrected chi connectivity index (χ2v) is 15.5. The minimum Gasteiger partial charge on any atom is -0.455 e. The van der Waals surface area contributed by atoms with E-state index in [1.165, 1.54) is 0 Å². The zero-order valence-corrected chi connectivity index (χ0v) is 33.4. The lowest BCUT2D eigenvalue weighted by Crippen LogP contribution is -2.00. The first-order valence-electron chi connectivity index (χ1n) is 20.8. The van der Waals surface area contributed by atoms with Crippen molar-refractivity contribution < 1.29 is 8.83 Å². The predicted octanol–water partition coefficient (Wildman–Crippen LogP) is 15.3. The maximum absolute atomic E-state index is 6.88. The van der Waals surface area contributed by atoms with E-state index in [0.717, 1.165) is 105 Å². The summed E-state index contributed by atoms with van der Waals surface area (Å²) in [5.74, 6) is 1.70. The maximum atomic E-state index is 6.88. The van der Waals surface area contributed by atoms with Crippen molar-refractivity contribution in [3.63, 3.8) is 0 Å². The van der Waals surface area contributed by atoms with Crippen LogP contribution in [0.3, 0.4) is 0 Å². The molecular formula is C57H35N3O2. The van der Waals surface area contributed by atoms with Crippen LogP contribution in [0.4, 0.5) is 0 Å². The number of nitrogens with zero attached hydrogens (tertiary/aromatic N) is 3. The topological polar surface area (TPSA) is 65.0 Å². The molecule has 5 nitrogen and oxygen atoms in total. The molecule has 0 aliphatic carbocycles. The lowest BCUT2D eigenvalue weighted by molar-refractivity contribution is 0.669. The summed E-state index contributed by atoms with van der Waals surface area (Å²) in [7, 11) is 0. The number of hydrogen-bond acceptors (Lipinski definition) is 5. The summed E-state index contributed by atoms with van der Waals surface area (Å²) in [6.07, 6.45) is 0. The van der Waals surface area contributed by atoms with Crippen LogP contribution < -0.4 is 0 Å². The van der Waals surface area contributed by atoms with E-state index >= 15 is 0 Å². The van der Waals surface area contributed by atoms with Gasteiger partial charge in [0.1, 0.15) is 22.3 Å². The fourth-order valence-electron chi connectivity index (χ4n) is 8.79. The molecule has 0 N–H and O–H groups in total. The van der Waals surface area contributed by atoms with Crippen molar-refractivity contribution in [2.45, 2.75) is 0 Å². The highest BCUT2D eigenvalue weighted by atomic mass is 16.3. The number of benzene rings is 9. The van der Waals surface area contributed by atoms with Gasteiger partial charge in [-0.25, -0.2) is 15.0 Å². The number of fused-ring (bicyclic) bond motifs is 6. The molecule has 0 saturated heterocycles. The zero-order valence-electron chi connectivity index (χ0n) is 33.4. The lowest BCUT2D eigenvalue weighted by atomic mass is 9.94. The number of aromatic nitrogens is 3. The van der Waals surface area contributed by atoms with Gasteiger partial charge in [-0.2, -0.15) is 0 Å². The van der Waals surface area contributed by atoms with Crippen molar-refractivity contribution in [1.29, 1.82) is 0 Å². The summed E-state index contributed by atoms with van der Waals surface area (Å²) in [5.41, 5.74) is 14.6. The van der Waals surface area contributed by atoms with Crippen LogP contribution in [-0.4, -0.2) is 15.0 Å². The highest BCUT2D eigenvalue weighted by molar-refractivity contribution is 6.18. The maximum Gasteiger partial charge on any atom is 0.164 e. The summed E-state index contributed by atoms with van der Waals surface area (Å²) < 4.78 is 13.6. The van der Waals surface area contributed by atoms with Gasteiger partial charge >= 0.3 is 0 Å². The van der Waals surface area contributed by atoms with E-state index in [1.54, 1.807) is 0 Å². The normalized spacial score (nSPS) is 11.5. The van der Waals surface area contributed by atoms with E-state index in [1.807, 2.05) is 66.7 Å². The molecular weight excluding hydrogens is 759 g/mol. The minimum absolute atomic E-state index is 0.552. The van der Waals surface area contributed by atoms with E-state index in [-0.39, 0.29) is 0 Å². The number of rotatable bonds is 7. The Balaban J connectivity index is 1.06. The van der Waals surface area contributed by atoms with E-state index in [9.17, 15) is 0 Å². The first-order valence-corrected chi connectivity index (χ1v) is 20.8. The number of hydrogen-bond donors (Lipinski definition) is 0. The Kier molecular flexibility index (Phi) is 8.42. The lowest BCUT2D eigenvalue weighted by Gasteiger charge is -2.09. The second-order valence-electron chi connectivity index (χ2n) is 15.5. The van der Waals surface area contributed by atoms with Crippen LogP contribution in [0.2, 0.25) is 0 Å². The van der Waals surface area contributed by atoms with Crippen molar-refractivity contribution in [2.24, 2.45) is 0 Å². The second kappa shape index (κ2) is 14.7. The molecule has 290 valence electrons. The first kappa shape index (κ1) is 35.5. The summed E-state index contributed by atoms with van der Waals surface area (Å²) in [6.45, 7) is 0. The molecule has 12 aromatic rings. The van der Waals surface area contributed by atoms with Gasteiger partial charge in [0.25, 0.3) is 0 Å². The van der Waals surface area contributed by atoms with Gasteiger partial charge in [-0.05, 0) is 75.8 Å². The number of furan rings is 2. The third-order valence-corrected chi connectivity index (χ3v) is 11.8. The molecule has 12 rings (SSSR count). The van der Waals surface area contributed by atoms with Gasteiger partial charge in [0.2, 0.25) is 0 Å². The Hall–Kier alpha value is -8.41. The molecule has 62 heavy (non-hydrogen) atoms. The molecule has 3 aromatic heterocycles. The molecule has 0 bridgehead atoms. The van der Waals surface area contributed by atoms with Crippen LogP contribution in [0.15, 0.2) is 221 Å². The van der Waals surface area contributed by atoms with Crippen LogP contribution in [-0.2, 0) is 0 Å². The zero-order chi connectivity index (χ0) is 41.0. The summed E-state index contributed by atoms with van der Waals surface area (Å²) in [4.78, 5) is 15.4. The van der Waals surface area contributed by atoms with E-state index < -0.39 is 0 Å². The van der Waals surface area contributed by atoms with Gasteiger partial charge in [0.15, 0.2) is 17.5 Å². The Morgan fingerprint density at radius 2 is 0.629 bits per heavy atom. The molecule has 0 fully saturated rings. The van der Waals surface area contributed by atoms with E-state index in [0.29, 0.717) is 17.5 Å². The van der Waals surface area contributed by atoms with Crippen molar-refractivity contribution in [3.05, 3.63) is 212 Å². The Bertz CT molecular complexity index is 3600. The molecule has 0 radical (unpaired) electrons. The average Bonchev–Trinajstić information content (AvgIpc) is 3.93. The van der Waals surface area contributed by atoms with Gasteiger partial charge in [0, 0.05) is 49.4 Å². The van der Waals surface area contributed by atoms with Gasteiger partial charge in [-0.1, -0.05) is 170 Å². The smallest absolute Gasteiger partial charge is 0.164 e. The van der Waals surface area contributed by atoms with E-state index in [2.05, 4.69) is 146 Å². The molecule has 0 saturated carbocycles. The highest BCUT2D eigenvalue weighted by Crippen LogP contribution is 2.45. The third kappa shape index (κ3) is 6.06. The Morgan fingerprint density at radius 3 is 1.13 bits per heavy atom. The molecule has 0 aliphatic rings. The van der Waals surface area contributed by atoms with Crippen LogP contribution in [0.5, 0.6) is 0 Å². The summed E-state index contributed by atoms with van der Waals surface area (Å²) >= 11 is 0.